The van der Waals surface area contributed by atoms with Crippen LogP contribution in [-0.2, 0) is 15.8 Å². The summed E-state index contributed by atoms with van der Waals surface area (Å²) in [4.78, 5) is 0. The van der Waals surface area contributed by atoms with Crippen LogP contribution < -0.4 is 4.72 Å². The van der Waals surface area contributed by atoms with Crippen LogP contribution in [0.5, 0.6) is 0 Å². The fourth-order valence-electron chi connectivity index (χ4n) is 2.75. The van der Waals surface area contributed by atoms with Crippen molar-refractivity contribution in [2.24, 2.45) is 0 Å². The highest BCUT2D eigenvalue weighted by molar-refractivity contribution is 7.88. The fraction of sp³-hybridized carbons (Fsp3) is 0.143. The molecule has 128 valence electrons. The van der Waals surface area contributed by atoms with E-state index in [9.17, 15) is 8.42 Å². The van der Waals surface area contributed by atoms with Gasteiger partial charge in [-0.15, -0.1) is 0 Å². The molecular weight excluding hydrogens is 330 g/mol. The van der Waals surface area contributed by atoms with E-state index in [-0.39, 0.29) is 5.75 Å². The van der Waals surface area contributed by atoms with Crippen molar-refractivity contribution >= 4 is 10.0 Å². The van der Waals surface area contributed by atoms with Crippen LogP contribution in [0, 0.1) is 6.92 Å². The van der Waals surface area contributed by atoms with E-state index in [0.717, 1.165) is 22.3 Å². The van der Waals surface area contributed by atoms with Crippen molar-refractivity contribution < 1.29 is 8.42 Å². The van der Waals surface area contributed by atoms with Crippen LogP contribution in [0.3, 0.4) is 0 Å². The van der Waals surface area contributed by atoms with Crippen molar-refractivity contribution in [3.63, 3.8) is 0 Å². The van der Waals surface area contributed by atoms with Crippen molar-refractivity contribution in [2.45, 2.75) is 18.7 Å². The molecule has 3 nitrogen and oxygen atoms in total. The molecule has 1 atom stereocenters. The lowest BCUT2D eigenvalue weighted by Gasteiger charge is -2.20. The van der Waals surface area contributed by atoms with E-state index >= 15 is 0 Å². The van der Waals surface area contributed by atoms with Crippen molar-refractivity contribution in [1.29, 1.82) is 0 Å². The Morgan fingerprint density at radius 2 is 1.28 bits per heavy atom. The van der Waals surface area contributed by atoms with Crippen molar-refractivity contribution in [3.8, 4) is 0 Å². The quantitative estimate of drug-likeness (QED) is 0.723. The van der Waals surface area contributed by atoms with Gasteiger partial charge in [0.15, 0.2) is 0 Å². The molecule has 0 saturated heterocycles. The van der Waals surface area contributed by atoms with Gasteiger partial charge in [-0.3, -0.25) is 0 Å². The zero-order chi connectivity index (χ0) is 17.7. The summed E-state index contributed by atoms with van der Waals surface area (Å²) in [6.45, 7) is 2.01. The minimum absolute atomic E-state index is 0.0387. The summed E-state index contributed by atoms with van der Waals surface area (Å²) < 4.78 is 28.3. The molecule has 1 N–H and O–H groups in total. The van der Waals surface area contributed by atoms with E-state index in [1.807, 2.05) is 91.9 Å². The molecule has 0 amide bonds. The number of sulfonamides is 1. The van der Waals surface area contributed by atoms with Crippen LogP contribution in [0.4, 0.5) is 0 Å². The first-order valence-electron chi connectivity index (χ1n) is 8.19. The Labute approximate surface area is 149 Å². The van der Waals surface area contributed by atoms with Gasteiger partial charge in [0.05, 0.1) is 11.8 Å². The molecule has 0 bridgehead atoms. The molecule has 3 aromatic carbocycles. The highest BCUT2D eigenvalue weighted by atomic mass is 32.2. The van der Waals surface area contributed by atoms with Gasteiger partial charge >= 0.3 is 0 Å². The van der Waals surface area contributed by atoms with E-state index in [1.54, 1.807) is 0 Å². The van der Waals surface area contributed by atoms with Gasteiger partial charge in [0.2, 0.25) is 10.0 Å². The summed E-state index contributed by atoms with van der Waals surface area (Å²) in [5, 5.41) is 0. The third kappa shape index (κ3) is 4.78. The first-order chi connectivity index (χ1) is 12.0. The fourth-order valence-corrected chi connectivity index (χ4v) is 4.09. The van der Waals surface area contributed by atoms with E-state index < -0.39 is 16.1 Å². The minimum Gasteiger partial charge on any atom is -0.212 e. The molecule has 3 rings (SSSR count). The Morgan fingerprint density at radius 3 is 1.88 bits per heavy atom. The molecule has 0 saturated carbocycles. The molecule has 0 radical (unpaired) electrons. The highest BCUT2D eigenvalue weighted by Crippen LogP contribution is 2.24. The lowest BCUT2D eigenvalue weighted by atomic mass is 9.99. The Morgan fingerprint density at radius 1 is 0.760 bits per heavy atom. The molecule has 0 unspecified atom stereocenters. The number of aryl methyl sites for hydroxylation is 1. The molecule has 4 heteroatoms. The van der Waals surface area contributed by atoms with Crippen LogP contribution in [0.1, 0.15) is 28.3 Å². The van der Waals surface area contributed by atoms with Crippen molar-refractivity contribution in [1.82, 2.24) is 4.72 Å². The van der Waals surface area contributed by atoms with Crippen LogP contribution in [0.25, 0.3) is 0 Å². The maximum Gasteiger partial charge on any atom is 0.216 e. The predicted molar refractivity (Wildman–Crippen MR) is 102 cm³/mol. The molecule has 0 spiro atoms. The van der Waals surface area contributed by atoms with E-state index in [0.29, 0.717) is 0 Å². The van der Waals surface area contributed by atoms with Gasteiger partial charge in [-0.05, 0) is 23.6 Å². The van der Waals surface area contributed by atoms with Gasteiger partial charge in [-0.2, -0.15) is 0 Å². The first kappa shape index (κ1) is 17.4. The predicted octanol–water partition coefficient (Wildman–Crippen LogP) is 4.20. The summed E-state index contributed by atoms with van der Waals surface area (Å²) in [6.07, 6.45) is 0. The second-order valence-corrected chi connectivity index (χ2v) is 7.87. The SMILES string of the molecule is Cc1ccc([C@H](NS(=O)(=O)Cc2ccccc2)c2ccccc2)cc1. The van der Waals surface area contributed by atoms with E-state index in [1.165, 1.54) is 0 Å². The molecule has 25 heavy (non-hydrogen) atoms. The Kier molecular flexibility index (Phi) is 5.31. The maximum atomic E-state index is 12.7. The molecule has 0 aliphatic rings. The second-order valence-electron chi connectivity index (χ2n) is 6.12. The van der Waals surface area contributed by atoms with E-state index in [2.05, 4.69) is 4.72 Å². The number of nitrogens with one attached hydrogen (secondary N) is 1. The summed E-state index contributed by atoms with van der Waals surface area (Å²) >= 11 is 0. The van der Waals surface area contributed by atoms with Crippen LogP contribution in [0.2, 0.25) is 0 Å². The smallest absolute Gasteiger partial charge is 0.212 e. The molecule has 0 aliphatic carbocycles. The van der Waals surface area contributed by atoms with Crippen molar-refractivity contribution in [3.05, 3.63) is 107 Å². The summed E-state index contributed by atoms with van der Waals surface area (Å²) in [6, 6.07) is 26.4. The zero-order valence-corrected chi connectivity index (χ0v) is 14.9. The van der Waals surface area contributed by atoms with Crippen LogP contribution in [-0.4, -0.2) is 8.42 Å². The Hall–Kier alpha value is -2.43. The molecular formula is C21H21NO2S. The zero-order valence-electron chi connectivity index (χ0n) is 14.1. The molecule has 0 aliphatic heterocycles. The first-order valence-corrected chi connectivity index (χ1v) is 9.84. The average molecular weight is 351 g/mol. The number of benzene rings is 3. The highest BCUT2D eigenvalue weighted by Gasteiger charge is 2.21. The molecule has 0 aromatic heterocycles. The van der Waals surface area contributed by atoms with E-state index in [4.69, 9.17) is 0 Å². The third-order valence-corrected chi connectivity index (χ3v) is 5.35. The van der Waals surface area contributed by atoms with Crippen molar-refractivity contribution in [2.75, 3.05) is 0 Å². The second kappa shape index (κ2) is 7.64. The largest absolute Gasteiger partial charge is 0.216 e. The number of hydrogen-bond donors (Lipinski definition) is 1. The number of hydrogen-bond acceptors (Lipinski definition) is 2. The topological polar surface area (TPSA) is 46.2 Å². The lowest BCUT2D eigenvalue weighted by molar-refractivity contribution is 0.571. The lowest BCUT2D eigenvalue weighted by Crippen LogP contribution is -2.30. The Bertz CT molecular complexity index is 905. The van der Waals surface area contributed by atoms with Gasteiger partial charge < -0.3 is 0 Å². The monoisotopic (exact) mass is 351 g/mol. The average Bonchev–Trinajstić information content (AvgIpc) is 2.62. The van der Waals surface area contributed by atoms with Gasteiger partial charge in [0.25, 0.3) is 0 Å². The Balaban J connectivity index is 1.91. The summed E-state index contributed by atoms with van der Waals surface area (Å²) in [5.41, 5.74) is 3.75. The minimum atomic E-state index is -3.49. The summed E-state index contributed by atoms with van der Waals surface area (Å²) in [7, 11) is -3.49. The third-order valence-electron chi connectivity index (χ3n) is 4.04. The van der Waals surface area contributed by atoms with Gasteiger partial charge in [-0.1, -0.05) is 90.5 Å². The standard InChI is InChI=1S/C21H21NO2S/c1-17-12-14-20(15-13-17)21(19-10-6-3-7-11-19)22-25(23,24)16-18-8-4-2-5-9-18/h2-15,21-22H,16H2,1H3/t21-/m1/s1. The molecule has 0 fully saturated rings. The normalized spacial score (nSPS) is 12.7. The molecule has 0 heterocycles. The molecule has 3 aromatic rings. The maximum absolute atomic E-state index is 12.7. The van der Waals surface area contributed by atoms with Crippen LogP contribution in [0.15, 0.2) is 84.9 Å². The van der Waals surface area contributed by atoms with Gasteiger partial charge in [0.1, 0.15) is 0 Å². The van der Waals surface area contributed by atoms with Crippen LogP contribution >= 0.6 is 0 Å². The summed E-state index contributed by atoms with van der Waals surface area (Å²) in [5.74, 6) is -0.0387. The number of rotatable bonds is 6. The van der Waals surface area contributed by atoms with Gasteiger partial charge in [-0.25, -0.2) is 13.1 Å². The van der Waals surface area contributed by atoms with Gasteiger partial charge in [0, 0.05) is 0 Å².